The molecule has 1 amide bonds. The molecular weight excluding hydrogens is 247 g/mol. The molecule has 0 aliphatic carbocycles. The molecule has 2 N–H and O–H groups in total. The van der Waals surface area contributed by atoms with Crippen LogP contribution in [0.3, 0.4) is 0 Å². The van der Waals surface area contributed by atoms with Crippen molar-refractivity contribution in [1.29, 1.82) is 0 Å². The lowest BCUT2D eigenvalue weighted by atomic mass is 9.96. The summed E-state index contributed by atoms with van der Waals surface area (Å²) in [6.07, 6.45) is -0.655. The lowest BCUT2D eigenvalue weighted by Gasteiger charge is -2.26. The third-order valence-corrected chi connectivity index (χ3v) is 3.26. The van der Waals surface area contributed by atoms with Crippen LogP contribution in [0.2, 0.25) is 0 Å². The van der Waals surface area contributed by atoms with E-state index in [1.165, 1.54) is 0 Å². The van der Waals surface area contributed by atoms with Crippen molar-refractivity contribution in [3.63, 3.8) is 0 Å². The average Bonchev–Trinajstić information content (AvgIpc) is 2.45. The minimum absolute atomic E-state index is 0.120. The fourth-order valence-corrected chi connectivity index (χ4v) is 2.09. The molecule has 1 heterocycles. The van der Waals surface area contributed by atoms with Gasteiger partial charge in [0.2, 0.25) is 0 Å². The fourth-order valence-electron chi connectivity index (χ4n) is 2.09. The van der Waals surface area contributed by atoms with Crippen LogP contribution in [0.25, 0.3) is 0 Å². The smallest absolute Gasteiger partial charge is 0.407 e. The Balaban J connectivity index is 1.67. The van der Waals surface area contributed by atoms with Crippen LogP contribution >= 0.6 is 0 Å². The molecule has 2 rings (SSSR count). The number of rotatable bonds is 4. The largest absolute Gasteiger partial charge is 0.445 e. The maximum atomic E-state index is 13.5. The normalized spacial score (nSPS) is 22.8. The van der Waals surface area contributed by atoms with Gasteiger partial charge in [0.05, 0.1) is 0 Å². The third-order valence-electron chi connectivity index (χ3n) is 3.26. The van der Waals surface area contributed by atoms with Gasteiger partial charge < -0.3 is 15.4 Å². The molecule has 1 saturated heterocycles. The van der Waals surface area contributed by atoms with Gasteiger partial charge in [0.15, 0.2) is 0 Å². The summed E-state index contributed by atoms with van der Waals surface area (Å²) in [4.78, 5) is 11.5. The zero-order chi connectivity index (χ0) is 13.5. The van der Waals surface area contributed by atoms with Gasteiger partial charge in [0.1, 0.15) is 12.8 Å². The van der Waals surface area contributed by atoms with E-state index in [4.69, 9.17) is 4.74 Å². The van der Waals surface area contributed by atoms with Crippen molar-refractivity contribution in [3.8, 4) is 0 Å². The molecule has 5 heteroatoms. The van der Waals surface area contributed by atoms with Crippen LogP contribution in [0.15, 0.2) is 30.3 Å². The molecular formula is C14H19FN2O2. The standard InChI is InChI=1S/C14H19FN2O2/c15-13-9-16-7-6-12(13)8-17-14(18)19-10-11-4-2-1-3-5-11/h1-5,12-13,16H,6-10H2,(H,17,18)/t12-,13-/m0/s1. The number of hydrogen-bond donors (Lipinski definition) is 2. The highest BCUT2D eigenvalue weighted by molar-refractivity contribution is 5.67. The summed E-state index contributed by atoms with van der Waals surface area (Å²) in [6, 6.07) is 9.45. The molecule has 0 spiro atoms. The first kappa shape index (κ1) is 13.8. The van der Waals surface area contributed by atoms with E-state index >= 15 is 0 Å². The van der Waals surface area contributed by atoms with Crippen molar-refractivity contribution in [2.75, 3.05) is 19.6 Å². The van der Waals surface area contributed by atoms with Gasteiger partial charge in [-0.2, -0.15) is 0 Å². The summed E-state index contributed by atoms with van der Waals surface area (Å²) in [5.74, 6) is -0.120. The van der Waals surface area contributed by atoms with E-state index in [9.17, 15) is 9.18 Å². The number of alkyl halides is 1. The van der Waals surface area contributed by atoms with Crippen LogP contribution in [0.5, 0.6) is 0 Å². The van der Waals surface area contributed by atoms with Crippen molar-refractivity contribution in [3.05, 3.63) is 35.9 Å². The van der Waals surface area contributed by atoms with Crippen LogP contribution in [0, 0.1) is 5.92 Å². The van der Waals surface area contributed by atoms with Gasteiger partial charge >= 0.3 is 6.09 Å². The second kappa shape index (κ2) is 7.09. The van der Waals surface area contributed by atoms with Crippen molar-refractivity contribution >= 4 is 6.09 Å². The number of ether oxygens (including phenoxy) is 1. The lowest BCUT2D eigenvalue weighted by molar-refractivity contribution is 0.129. The van der Waals surface area contributed by atoms with Gasteiger partial charge in [-0.15, -0.1) is 0 Å². The number of nitrogens with one attached hydrogen (secondary N) is 2. The van der Waals surface area contributed by atoms with Crippen LogP contribution in [-0.2, 0) is 11.3 Å². The highest BCUT2D eigenvalue weighted by Gasteiger charge is 2.24. The minimum Gasteiger partial charge on any atom is -0.445 e. The zero-order valence-corrected chi connectivity index (χ0v) is 10.8. The number of carbonyl (C=O) groups excluding carboxylic acids is 1. The molecule has 104 valence electrons. The van der Waals surface area contributed by atoms with Crippen molar-refractivity contribution in [2.45, 2.75) is 19.2 Å². The van der Waals surface area contributed by atoms with E-state index in [2.05, 4.69) is 10.6 Å². The Hall–Kier alpha value is -1.62. The number of hydrogen-bond acceptors (Lipinski definition) is 3. The molecule has 0 unspecified atom stereocenters. The number of halogens is 1. The first-order valence-electron chi connectivity index (χ1n) is 6.55. The maximum absolute atomic E-state index is 13.5. The molecule has 4 nitrogen and oxygen atoms in total. The fraction of sp³-hybridized carbons (Fsp3) is 0.500. The van der Waals surface area contributed by atoms with E-state index in [-0.39, 0.29) is 12.5 Å². The van der Waals surface area contributed by atoms with Crippen LogP contribution in [0.1, 0.15) is 12.0 Å². The summed E-state index contributed by atoms with van der Waals surface area (Å²) in [5.41, 5.74) is 0.933. The maximum Gasteiger partial charge on any atom is 0.407 e. The summed E-state index contributed by atoms with van der Waals surface area (Å²) < 4.78 is 18.6. The first-order chi connectivity index (χ1) is 9.25. The predicted octanol–water partition coefficient (Wildman–Crippen LogP) is 1.86. The number of piperidine rings is 1. The van der Waals surface area contributed by atoms with Gasteiger partial charge in [0, 0.05) is 19.0 Å². The van der Waals surface area contributed by atoms with E-state index in [1.807, 2.05) is 30.3 Å². The minimum atomic E-state index is -0.900. The molecule has 1 aromatic rings. The van der Waals surface area contributed by atoms with Gasteiger partial charge in [-0.3, -0.25) is 0 Å². The average molecular weight is 266 g/mol. The van der Waals surface area contributed by atoms with Crippen molar-refractivity contribution in [2.24, 2.45) is 5.92 Å². The van der Waals surface area contributed by atoms with E-state index < -0.39 is 12.3 Å². The Morgan fingerprint density at radius 2 is 2.21 bits per heavy atom. The summed E-state index contributed by atoms with van der Waals surface area (Å²) in [5, 5.41) is 5.60. The van der Waals surface area contributed by atoms with Gasteiger partial charge in [0.25, 0.3) is 0 Å². The second-order valence-electron chi connectivity index (χ2n) is 4.71. The van der Waals surface area contributed by atoms with E-state index in [0.29, 0.717) is 13.1 Å². The highest BCUT2D eigenvalue weighted by Crippen LogP contribution is 2.14. The van der Waals surface area contributed by atoms with Crippen LogP contribution in [-0.4, -0.2) is 31.9 Å². The quantitative estimate of drug-likeness (QED) is 0.874. The molecule has 1 aliphatic heterocycles. The van der Waals surface area contributed by atoms with Crippen LogP contribution in [0.4, 0.5) is 9.18 Å². The molecule has 1 aliphatic rings. The molecule has 0 aromatic heterocycles. The first-order valence-corrected chi connectivity index (χ1v) is 6.55. The second-order valence-corrected chi connectivity index (χ2v) is 4.71. The lowest BCUT2D eigenvalue weighted by Crippen LogP contribution is -2.43. The number of alkyl carbamates (subject to hydrolysis) is 1. The van der Waals surface area contributed by atoms with Gasteiger partial charge in [-0.1, -0.05) is 30.3 Å². The molecule has 1 aromatic carbocycles. The summed E-state index contributed by atoms with van der Waals surface area (Å²) in [6.45, 7) is 1.73. The number of carbonyl (C=O) groups is 1. The van der Waals surface area contributed by atoms with E-state index in [0.717, 1.165) is 18.5 Å². The third kappa shape index (κ3) is 4.52. The summed E-state index contributed by atoms with van der Waals surface area (Å²) in [7, 11) is 0. The summed E-state index contributed by atoms with van der Waals surface area (Å²) >= 11 is 0. The Labute approximate surface area is 112 Å². The Kier molecular flexibility index (Phi) is 5.15. The van der Waals surface area contributed by atoms with Gasteiger partial charge in [-0.25, -0.2) is 9.18 Å². The molecule has 1 fully saturated rings. The Morgan fingerprint density at radius 3 is 2.95 bits per heavy atom. The van der Waals surface area contributed by atoms with Crippen molar-refractivity contribution < 1.29 is 13.9 Å². The molecule has 0 radical (unpaired) electrons. The molecule has 19 heavy (non-hydrogen) atoms. The molecule has 2 atom stereocenters. The van der Waals surface area contributed by atoms with Crippen molar-refractivity contribution in [1.82, 2.24) is 10.6 Å². The number of amides is 1. The van der Waals surface area contributed by atoms with Crippen LogP contribution < -0.4 is 10.6 Å². The Morgan fingerprint density at radius 1 is 1.42 bits per heavy atom. The SMILES string of the molecule is O=C(NC[C@@H]1CCNC[C@@H]1F)OCc1ccccc1. The topological polar surface area (TPSA) is 50.4 Å². The van der Waals surface area contributed by atoms with E-state index in [1.54, 1.807) is 0 Å². The Bertz CT molecular complexity index is 400. The highest BCUT2D eigenvalue weighted by atomic mass is 19.1. The monoisotopic (exact) mass is 266 g/mol. The molecule has 0 saturated carbocycles. The van der Waals surface area contributed by atoms with Gasteiger partial charge in [-0.05, 0) is 18.5 Å². The predicted molar refractivity (Wildman–Crippen MR) is 70.5 cm³/mol. The molecule has 0 bridgehead atoms. The zero-order valence-electron chi connectivity index (χ0n) is 10.8. The number of benzene rings is 1.